The molecule has 15 heavy (non-hydrogen) atoms. The first-order valence-corrected chi connectivity index (χ1v) is 5.15. The maximum absolute atomic E-state index is 10.1. The van der Waals surface area contributed by atoms with E-state index < -0.39 is 0 Å². The number of nitriles is 1. The molecular weight excluding hydrogens is 208 g/mol. The predicted octanol–water partition coefficient (Wildman–Crippen LogP) is 2.44. The maximum Gasteiger partial charge on any atom is 0.138 e. The van der Waals surface area contributed by atoms with E-state index in [4.69, 9.17) is 11.0 Å². The van der Waals surface area contributed by atoms with E-state index in [-0.39, 0.29) is 0 Å². The first-order chi connectivity index (χ1) is 7.27. The van der Waals surface area contributed by atoms with Crippen molar-refractivity contribution in [2.45, 2.75) is 11.3 Å². The molecule has 0 fully saturated rings. The molecule has 76 valence electrons. The quantitative estimate of drug-likeness (QED) is 0.365. The minimum Gasteiger partial charge on any atom is -0.398 e. The van der Waals surface area contributed by atoms with E-state index in [9.17, 15) is 4.79 Å². The Kier molecular flexibility index (Phi) is 4.45. The van der Waals surface area contributed by atoms with Gasteiger partial charge in [-0.2, -0.15) is 5.26 Å². The Morgan fingerprint density at radius 1 is 1.53 bits per heavy atom. The van der Waals surface area contributed by atoms with Crippen LogP contribution in [0.15, 0.2) is 29.2 Å². The molecular formula is C11H10N2OS. The van der Waals surface area contributed by atoms with Crippen molar-refractivity contribution in [3.05, 3.63) is 29.8 Å². The summed E-state index contributed by atoms with van der Waals surface area (Å²) in [6.07, 6.45) is 4.71. The summed E-state index contributed by atoms with van der Waals surface area (Å²) in [4.78, 5) is 11.0. The Morgan fingerprint density at radius 2 is 2.33 bits per heavy atom. The van der Waals surface area contributed by atoms with Gasteiger partial charge in [0.2, 0.25) is 0 Å². The average Bonchev–Trinajstić information content (AvgIpc) is 2.23. The zero-order chi connectivity index (χ0) is 11.1. The van der Waals surface area contributed by atoms with Gasteiger partial charge in [0.15, 0.2) is 0 Å². The van der Waals surface area contributed by atoms with Crippen LogP contribution < -0.4 is 5.73 Å². The minimum atomic E-state index is 0.370. The number of nitrogens with two attached hydrogens (primary N) is 1. The summed E-state index contributed by atoms with van der Waals surface area (Å²) in [6.45, 7) is 0. The van der Waals surface area contributed by atoms with Gasteiger partial charge in [0.25, 0.3) is 0 Å². The van der Waals surface area contributed by atoms with Crippen LogP contribution in [0.25, 0.3) is 6.08 Å². The molecule has 1 aromatic carbocycles. The monoisotopic (exact) mass is 218 g/mol. The second-order valence-corrected chi connectivity index (χ2v) is 3.65. The SMILES string of the molecule is N#CSc1ccc(N)c(C=CCC=O)c1. The molecule has 0 unspecified atom stereocenters. The minimum absolute atomic E-state index is 0.370. The highest BCUT2D eigenvalue weighted by molar-refractivity contribution is 8.03. The van der Waals surface area contributed by atoms with E-state index in [2.05, 4.69) is 0 Å². The van der Waals surface area contributed by atoms with Crippen LogP contribution in [0.1, 0.15) is 12.0 Å². The number of nitrogens with zero attached hydrogens (tertiary/aromatic N) is 1. The van der Waals surface area contributed by atoms with Crippen LogP contribution in [-0.4, -0.2) is 6.29 Å². The highest BCUT2D eigenvalue weighted by Crippen LogP contribution is 2.23. The molecule has 0 saturated carbocycles. The third-order valence-corrected chi connectivity index (χ3v) is 2.33. The van der Waals surface area contributed by atoms with Crippen LogP contribution in [0.3, 0.4) is 0 Å². The molecule has 0 heterocycles. The second kappa shape index (κ2) is 5.89. The molecule has 0 amide bonds. The summed E-state index contributed by atoms with van der Waals surface area (Å²) >= 11 is 1.08. The number of carbonyl (C=O) groups excluding carboxylic acids is 1. The maximum atomic E-state index is 10.1. The van der Waals surface area contributed by atoms with Gasteiger partial charge in [0, 0.05) is 17.0 Å². The van der Waals surface area contributed by atoms with Crippen molar-refractivity contribution in [2.75, 3.05) is 5.73 Å². The third-order valence-electron chi connectivity index (χ3n) is 1.75. The number of thiocyanates is 1. The lowest BCUT2D eigenvalue weighted by Gasteiger charge is -2.01. The number of hydrogen-bond acceptors (Lipinski definition) is 4. The van der Waals surface area contributed by atoms with Crippen LogP contribution in [0, 0.1) is 10.7 Å². The van der Waals surface area contributed by atoms with Crippen molar-refractivity contribution in [1.82, 2.24) is 0 Å². The standard InChI is InChI=1S/C11H10N2OS/c12-8-15-10-4-5-11(13)9(7-10)3-1-2-6-14/h1,3-7H,2,13H2. The number of carbonyl (C=O) groups is 1. The molecule has 1 rings (SSSR count). The largest absolute Gasteiger partial charge is 0.398 e. The molecule has 0 aromatic heterocycles. The van der Waals surface area contributed by atoms with Crippen LogP contribution >= 0.6 is 11.8 Å². The summed E-state index contributed by atoms with van der Waals surface area (Å²) in [5.74, 6) is 0. The Morgan fingerprint density at radius 3 is 3.00 bits per heavy atom. The van der Waals surface area contributed by atoms with Crippen molar-refractivity contribution >= 4 is 29.8 Å². The van der Waals surface area contributed by atoms with Crippen molar-refractivity contribution in [2.24, 2.45) is 0 Å². The lowest BCUT2D eigenvalue weighted by atomic mass is 10.1. The molecule has 0 bridgehead atoms. The van der Waals surface area contributed by atoms with Gasteiger partial charge in [-0.05, 0) is 35.5 Å². The fourth-order valence-electron chi connectivity index (χ4n) is 1.06. The number of benzene rings is 1. The summed E-state index contributed by atoms with van der Waals surface area (Å²) in [6, 6.07) is 5.37. The Balaban J connectivity index is 2.90. The second-order valence-electron chi connectivity index (χ2n) is 2.79. The number of anilines is 1. The number of hydrogen-bond donors (Lipinski definition) is 1. The van der Waals surface area contributed by atoms with E-state index in [1.165, 1.54) is 0 Å². The third kappa shape index (κ3) is 3.49. The van der Waals surface area contributed by atoms with Gasteiger partial charge in [-0.1, -0.05) is 12.2 Å². The van der Waals surface area contributed by atoms with Gasteiger partial charge in [0.1, 0.15) is 11.7 Å². The average molecular weight is 218 g/mol. The number of aldehydes is 1. The number of thioether (sulfide) groups is 1. The molecule has 0 saturated heterocycles. The Labute approximate surface area is 92.6 Å². The van der Waals surface area contributed by atoms with Crippen LogP contribution in [0.2, 0.25) is 0 Å². The predicted molar refractivity (Wildman–Crippen MR) is 62.0 cm³/mol. The molecule has 0 aliphatic carbocycles. The summed E-state index contributed by atoms with van der Waals surface area (Å²) in [5.41, 5.74) is 7.21. The van der Waals surface area contributed by atoms with Gasteiger partial charge in [-0.3, -0.25) is 0 Å². The Hall–Kier alpha value is -1.73. The van der Waals surface area contributed by atoms with Gasteiger partial charge in [0.05, 0.1) is 0 Å². The van der Waals surface area contributed by atoms with Crippen LogP contribution in [-0.2, 0) is 4.79 Å². The molecule has 2 N–H and O–H groups in total. The van der Waals surface area contributed by atoms with Gasteiger partial charge in [-0.15, -0.1) is 0 Å². The molecule has 4 heteroatoms. The molecule has 0 spiro atoms. The zero-order valence-electron chi connectivity index (χ0n) is 8.01. The molecule has 0 aliphatic heterocycles. The summed E-state index contributed by atoms with van der Waals surface area (Å²) < 4.78 is 0. The zero-order valence-corrected chi connectivity index (χ0v) is 8.83. The number of rotatable bonds is 4. The summed E-state index contributed by atoms with van der Waals surface area (Å²) in [5, 5.41) is 10.5. The van der Waals surface area contributed by atoms with E-state index in [1.807, 2.05) is 11.5 Å². The molecule has 0 atom stereocenters. The van der Waals surface area contributed by atoms with Gasteiger partial charge >= 0.3 is 0 Å². The van der Waals surface area contributed by atoms with Crippen molar-refractivity contribution < 1.29 is 4.79 Å². The van der Waals surface area contributed by atoms with Crippen molar-refractivity contribution in [1.29, 1.82) is 5.26 Å². The van der Waals surface area contributed by atoms with E-state index in [0.29, 0.717) is 12.1 Å². The molecule has 0 radical (unpaired) electrons. The van der Waals surface area contributed by atoms with Crippen LogP contribution in [0.5, 0.6) is 0 Å². The fraction of sp³-hybridized carbons (Fsp3) is 0.0909. The van der Waals surface area contributed by atoms with Crippen molar-refractivity contribution in [3.63, 3.8) is 0 Å². The van der Waals surface area contributed by atoms with E-state index >= 15 is 0 Å². The van der Waals surface area contributed by atoms with Gasteiger partial charge < -0.3 is 10.5 Å². The fourth-order valence-corrected chi connectivity index (χ4v) is 1.49. The molecule has 3 nitrogen and oxygen atoms in total. The topological polar surface area (TPSA) is 66.9 Å². The summed E-state index contributed by atoms with van der Waals surface area (Å²) in [7, 11) is 0. The number of allylic oxidation sites excluding steroid dienone is 1. The first kappa shape index (κ1) is 11.3. The normalized spacial score (nSPS) is 10.1. The molecule has 0 aliphatic rings. The van der Waals surface area contributed by atoms with Crippen LogP contribution in [0.4, 0.5) is 5.69 Å². The lowest BCUT2D eigenvalue weighted by Crippen LogP contribution is -1.89. The smallest absolute Gasteiger partial charge is 0.138 e. The Bertz CT molecular complexity index is 421. The molecule has 1 aromatic rings. The van der Waals surface area contributed by atoms with E-state index in [0.717, 1.165) is 28.5 Å². The van der Waals surface area contributed by atoms with Gasteiger partial charge in [-0.25, -0.2) is 0 Å². The highest BCUT2D eigenvalue weighted by Gasteiger charge is 1.98. The first-order valence-electron chi connectivity index (χ1n) is 4.33. The van der Waals surface area contributed by atoms with Crippen molar-refractivity contribution in [3.8, 4) is 5.40 Å². The highest BCUT2D eigenvalue weighted by atomic mass is 32.2. The lowest BCUT2D eigenvalue weighted by molar-refractivity contribution is -0.107. The number of nitrogen functional groups attached to an aromatic ring is 1. The van der Waals surface area contributed by atoms with E-state index in [1.54, 1.807) is 24.3 Å².